The molecule has 1 saturated heterocycles. The molecule has 1 aromatic heterocycles. The second-order valence-electron chi connectivity index (χ2n) is 7.41. The van der Waals surface area contributed by atoms with Crippen LogP contribution >= 0.6 is 23.1 Å². The van der Waals surface area contributed by atoms with Crippen LogP contribution in [0.15, 0.2) is 44.8 Å². The van der Waals surface area contributed by atoms with E-state index >= 15 is 0 Å². The van der Waals surface area contributed by atoms with Gasteiger partial charge < -0.3 is 5.32 Å². The molecule has 1 atom stereocenters. The molecule has 1 aliphatic rings. The predicted octanol–water partition coefficient (Wildman–Crippen LogP) is 4.99. The lowest BCUT2D eigenvalue weighted by atomic mass is 9.97. The third-order valence-electron chi connectivity index (χ3n) is 5.28. The minimum absolute atomic E-state index is 0.0244. The Morgan fingerprint density at radius 3 is 2.62 bits per heavy atom. The molecular formula is C21H28N2O3S3. The lowest BCUT2D eigenvalue weighted by Gasteiger charge is -2.30. The SMILES string of the molecule is CCC(C)Sc1ccc(NC(=O)C2CCN(S(=O)(=O)c3cccs3)CC2)c(C)c1. The number of rotatable bonds is 7. The Bertz CT molecular complexity index is 934. The van der Waals surface area contributed by atoms with Crippen LogP contribution in [0, 0.1) is 12.8 Å². The fraction of sp³-hybridized carbons (Fsp3) is 0.476. The number of benzene rings is 1. The van der Waals surface area contributed by atoms with E-state index in [0.29, 0.717) is 35.4 Å². The monoisotopic (exact) mass is 452 g/mol. The molecular weight excluding hydrogens is 424 g/mol. The molecule has 1 fully saturated rings. The van der Waals surface area contributed by atoms with Crippen molar-refractivity contribution in [1.29, 1.82) is 0 Å². The van der Waals surface area contributed by atoms with Crippen LogP contribution in [0.1, 0.15) is 38.7 Å². The standard InChI is InChI=1S/C21H28N2O3S3/c1-4-16(3)28-18-7-8-19(15(2)14-18)22-21(24)17-9-11-23(12-10-17)29(25,26)20-6-5-13-27-20/h5-8,13-14,16-17H,4,9-12H2,1-3H3,(H,22,24). The molecule has 0 radical (unpaired) electrons. The first-order valence-electron chi connectivity index (χ1n) is 9.93. The van der Waals surface area contributed by atoms with Crippen molar-refractivity contribution in [3.05, 3.63) is 41.3 Å². The molecule has 1 amide bonds. The number of hydrogen-bond donors (Lipinski definition) is 1. The molecule has 1 unspecified atom stereocenters. The lowest BCUT2D eigenvalue weighted by Crippen LogP contribution is -2.41. The van der Waals surface area contributed by atoms with Crippen molar-refractivity contribution in [2.24, 2.45) is 5.92 Å². The number of aryl methyl sites for hydroxylation is 1. The number of nitrogens with one attached hydrogen (secondary N) is 1. The van der Waals surface area contributed by atoms with E-state index in [2.05, 4.69) is 31.3 Å². The fourth-order valence-corrected chi connectivity index (χ4v) is 6.93. The number of thiophene rings is 1. The number of amides is 1. The Kier molecular flexibility index (Phi) is 7.42. The Balaban J connectivity index is 1.57. The second kappa shape index (κ2) is 9.64. The Morgan fingerprint density at radius 2 is 2.03 bits per heavy atom. The molecule has 0 spiro atoms. The first kappa shape index (κ1) is 22.3. The van der Waals surface area contributed by atoms with Crippen LogP contribution in [0.25, 0.3) is 0 Å². The fourth-order valence-electron chi connectivity index (χ4n) is 3.30. The summed E-state index contributed by atoms with van der Waals surface area (Å²) < 4.78 is 27.1. The van der Waals surface area contributed by atoms with Gasteiger partial charge in [-0.05, 0) is 61.4 Å². The molecule has 158 valence electrons. The van der Waals surface area contributed by atoms with E-state index in [4.69, 9.17) is 0 Å². The van der Waals surface area contributed by atoms with Gasteiger partial charge in [0, 0.05) is 34.8 Å². The maximum Gasteiger partial charge on any atom is 0.252 e. The van der Waals surface area contributed by atoms with Gasteiger partial charge in [0.05, 0.1) is 0 Å². The van der Waals surface area contributed by atoms with Crippen molar-refractivity contribution >= 4 is 44.7 Å². The largest absolute Gasteiger partial charge is 0.326 e. The third-order valence-corrected chi connectivity index (χ3v) is 9.82. The summed E-state index contributed by atoms with van der Waals surface area (Å²) in [7, 11) is -3.43. The van der Waals surface area contributed by atoms with E-state index < -0.39 is 10.0 Å². The first-order chi connectivity index (χ1) is 13.8. The molecule has 0 bridgehead atoms. The Hall–Kier alpha value is -1.35. The Morgan fingerprint density at radius 1 is 1.31 bits per heavy atom. The molecule has 1 aromatic carbocycles. The smallest absolute Gasteiger partial charge is 0.252 e. The van der Waals surface area contributed by atoms with Crippen LogP contribution in [0.3, 0.4) is 0 Å². The van der Waals surface area contributed by atoms with Crippen molar-refractivity contribution in [2.45, 2.75) is 54.4 Å². The average molecular weight is 453 g/mol. The number of piperidine rings is 1. The maximum atomic E-state index is 12.7. The molecule has 5 nitrogen and oxygen atoms in total. The Labute approximate surface area is 181 Å². The van der Waals surface area contributed by atoms with Crippen molar-refractivity contribution in [2.75, 3.05) is 18.4 Å². The molecule has 1 N–H and O–H groups in total. The van der Waals surface area contributed by atoms with Gasteiger partial charge in [0.2, 0.25) is 5.91 Å². The van der Waals surface area contributed by atoms with Gasteiger partial charge in [-0.1, -0.05) is 19.9 Å². The van der Waals surface area contributed by atoms with E-state index in [1.165, 1.54) is 20.5 Å². The van der Waals surface area contributed by atoms with E-state index in [9.17, 15) is 13.2 Å². The average Bonchev–Trinajstić information content (AvgIpc) is 3.26. The zero-order valence-corrected chi connectivity index (χ0v) is 19.5. The highest BCUT2D eigenvalue weighted by Gasteiger charge is 2.32. The normalized spacial score (nSPS) is 17.2. The number of carbonyl (C=O) groups is 1. The van der Waals surface area contributed by atoms with Gasteiger partial charge in [0.1, 0.15) is 4.21 Å². The predicted molar refractivity (Wildman–Crippen MR) is 121 cm³/mol. The van der Waals surface area contributed by atoms with E-state index in [-0.39, 0.29) is 11.8 Å². The van der Waals surface area contributed by atoms with Crippen LogP contribution in [-0.4, -0.2) is 37.0 Å². The number of nitrogens with zero attached hydrogens (tertiary/aromatic N) is 1. The second-order valence-corrected chi connectivity index (χ2v) is 12.0. The van der Waals surface area contributed by atoms with Gasteiger partial charge in [0.25, 0.3) is 10.0 Å². The highest BCUT2D eigenvalue weighted by Crippen LogP contribution is 2.30. The van der Waals surface area contributed by atoms with Crippen molar-refractivity contribution < 1.29 is 13.2 Å². The van der Waals surface area contributed by atoms with E-state index in [1.54, 1.807) is 17.5 Å². The van der Waals surface area contributed by atoms with Crippen LogP contribution < -0.4 is 5.32 Å². The topological polar surface area (TPSA) is 66.5 Å². The number of hydrogen-bond acceptors (Lipinski definition) is 5. The summed E-state index contributed by atoms with van der Waals surface area (Å²) in [6, 6.07) is 9.50. The highest BCUT2D eigenvalue weighted by molar-refractivity contribution is 8.00. The van der Waals surface area contributed by atoms with Gasteiger partial charge in [-0.25, -0.2) is 8.42 Å². The van der Waals surface area contributed by atoms with Gasteiger partial charge >= 0.3 is 0 Å². The third kappa shape index (κ3) is 5.42. The molecule has 0 saturated carbocycles. The number of thioether (sulfide) groups is 1. The van der Waals surface area contributed by atoms with Crippen LogP contribution in [0.4, 0.5) is 5.69 Å². The summed E-state index contributed by atoms with van der Waals surface area (Å²) in [6.45, 7) is 7.15. The molecule has 1 aliphatic heterocycles. The highest BCUT2D eigenvalue weighted by atomic mass is 32.2. The van der Waals surface area contributed by atoms with Gasteiger partial charge in [-0.15, -0.1) is 23.1 Å². The van der Waals surface area contributed by atoms with Crippen molar-refractivity contribution in [3.8, 4) is 0 Å². The maximum absolute atomic E-state index is 12.7. The van der Waals surface area contributed by atoms with Crippen LogP contribution in [0.5, 0.6) is 0 Å². The summed E-state index contributed by atoms with van der Waals surface area (Å²) in [5.74, 6) is -0.193. The zero-order chi connectivity index (χ0) is 21.0. The summed E-state index contributed by atoms with van der Waals surface area (Å²) in [4.78, 5) is 13.9. The van der Waals surface area contributed by atoms with Crippen molar-refractivity contribution in [3.63, 3.8) is 0 Å². The zero-order valence-electron chi connectivity index (χ0n) is 17.1. The summed E-state index contributed by atoms with van der Waals surface area (Å²) in [6.07, 6.45) is 2.19. The van der Waals surface area contributed by atoms with E-state index in [0.717, 1.165) is 17.7 Å². The molecule has 0 aliphatic carbocycles. The number of carbonyl (C=O) groups excluding carboxylic acids is 1. The molecule has 8 heteroatoms. The lowest BCUT2D eigenvalue weighted by molar-refractivity contribution is -0.120. The minimum atomic E-state index is -3.43. The van der Waals surface area contributed by atoms with Gasteiger partial charge in [0.15, 0.2) is 0 Å². The van der Waals surface area contributed by atoms with E-state index in [1.807, 2.05) is 24.8 Å². The molecule has 2 aromatic rings. The molecule has 29 heavy (non-hydrogen) atoms. The summed E-state index contributed by atoms with van der Waals surface area (Å²) >= 11 is 3.07. The first-order valence-corrected chi connectivity index (χ1v) is 13.1. The summed E-state index contributed by atoms with van der Waals surface area (Å²) in [5.41, 5.74) is 1.88. The number of anilines is 1. The quantitative estimate of drug-likeness (QED) is 0.601. The van der Waals surface area contributed by atoms with Crippen LogP contribution in [-0.2, 0) is 14.8 Å². The number of sulfonamides is 1. The molecule has 2 heterocycles. The van der Waals surface area contributed by atoms with Gasteiger partial charge in [-0.2, -0.15) is 4.31 Å². The van der Waals surface area contributed by atoms with Crippen LogP contribution in [0.2, 0.25) is 0 Å². The molecule has 3 rings (SSSR count). The van der Waals surface area contributed by atoms with Crippen molar-refractivity contribution in [1.82, 2.24) is 4.31 Å². The minimum Gasteiger partial charge on any atom is -0.326 e. The van der Waals surface area contributed by atoms with Gasteiger partial charge in [-0.3, -0.25) is 4.79 Å². The summed E-state index contributed by atoms with van der Waals surface area (Å²) in [5, 5.41) is 5.37.